The lowest BCUT2D eigenvalue weighted by Gasteiger charge is -2.21. The summed E-state index contributed by atoms with van der Waals surface area (Å²) in [4.78, 5) is 22.1. The first kappa shape index (κ1) is 18.0. The molecule has 8 heteroatoms. The fourth-order valence-corrected chi connectivity index (χ4v) is 2.19. The van der Waals surface area contributed by atoms with Gasteiger partial charge in [0, 0.05) is 19.1 Å². The fourth-order valence-electron chi connectivity index (χ4n) is 2.19. The number of nitrogen functional groups attached to an aromatic ring is 1. The number of hydrogen-bond acceptors (Lipinski definition) is 7. The van der Waals surface area contributed by atoms with Gasteiger partial charge < -0.3 is 15.2 Å². The van der Waals surface area contributed by atoms with Crippen molar-refractivity contribution in [2.45, 2.75) is 20.8 Å². The van der Waals surface area contributed by atoms with Crippen molar-refractivity contribution in [3.05, 3.63) is 29.8 Å². The molecule has 2 aromatic heterocycles. The molecule has 0 saturated heterocycles. The van der Waals surface area contributed by atoms with Gasteiger partial charge in [-0.2, -0.15) is 15.2 Å². The number of amides is 1. The van der Waals surface area contributed by atoms with Crippen molar-refractivity contribution >= 4 is 23.2 Å². The number of aromatic nitrogens is 2. The van der Waals surface area contributed by atoms with Gasteiger partial charge in [-0.05, 0) is 19.9 Å². The minimum Gasteiger partial charge on any atom is -0.478 e. The number of ether oxygens (including phenoxy) is 2. The summed E-state index contributed by atoms with van der Waals surface area (Å²) in [5, 5.41) is 9.22. The van der Waals surface area contributed by atoms with Gasteiger partial charge in [0.2, 0.25) is 17.7 Å². The highest BCUT2D eigenvalue weighted by atomic mass is 16.5. The summed E-state index contributed by atoms with van der Waals surface area (Å²) >= 11 is 0. The van der Waals surface area contributed by atoms with Crippen LogP contribution in [-0.4, -0.2) is 29.1 Å². The van der Waals surface area contributed by atoms with Crippen molar-refractivity contribution in [1.29, 1.82) is 5.26 Å². The van der Waals surface area contributed by atoms with Gasteiger partial charge in [0.05, 0.1) is 18.9 Å². The Morgan fingerprint density at radius 3 is 2.56 bits per heavy atom. The van der Waals surface area contributed by atoms with Crippen LogP contribution in [0.1, 0.15) is 26.3 Å². The zero-order valence-electron chi connectivity index (χ0n) is 14.3. The van der Waals surface area contributed by atoms with E-state index in [1.54, 1.807) is 25.1 Å². The Bertz CT molecular complexity index is 816. The van der Waals surface area contributed by atoms with E-state index in [9.17, 15) is 10.1 Å². The third-order valence-corrected chi connectivity index (χ3v) is 3.17. The molecule has 2 N–H and O–H groups in total. The zero-order chi connectivity index (χ0) is 18.4. The predicted octanol–water partition coefficient (Wildman–Crippen LogP) is 2.41. The molecule has 0 aliphatic rings. The SMILES string of the molecule is CCOc1cccc(N(C(C)=O)c2cc(N)c(C#N)c(OCC)n2)n1. The van der Waals surface area contributed by atoms with Crippen LogP contribution in [0.3, 0.4) is 0 Å². The van der Waals surface area contributed by atoms with Crippen LogP contribution < -0.4 is 20.1 Å². The molecule has 1 amide bonds. The van der Waals surface area contributed by atoms with E-state index >= 15 is 0 Å². The second-order valence-electron chi connectivity index (χ2n) is 4.92. The number of carbonyl (C=O) groups is 1. The summed E-state index contributed by atoms with van der Waals surface area (Å²) in [6.45, 7) is 5.75. The number of nitrogens with two attached hydrogens (primary N) is 1. The van der Waals surface area contributed by atoms with E-state index in [2.05, 4.69) is 9.97 Å². The molecule has 2 rings (SSSR count). The number of rotatable bonds is 6. The first-order chi connectivity index (χ1) is 12.0. The summed E-state index contributed by atoms with van der Waals surface area (Å²) < 4.78 is 10.8. The molecule has 0 aliphatic heterocycles. The Morgan fingerprint density at radius 2 is 1.96 bits per heavy atom. The van der Waals surface area contributed by atoms with Crippen molar-refractivity contribution in [3.63, 3.8) is 0 Å². The van der Waals surface area contributed by atoms with E-state index in [-0.39, 0.29) is 28.9 Å². The summed E-state index contributed by atoms with van der Waals surface area (Å²) in [5.74, 6) is 0.691. The Kier molecular flexibility index (Phi) is 5.74. The van der Waals surface area contributed by atoms with Crippen LogP contribution in [-0.2, 0) is 4.79 Å². The number of nitriles is 1. The summed E-state index contributed by atoms with van der Waals surface area (Å²) in [7, 11) is 0. The number of nitrogens with zero attached hydrogens (tertiary/aromatic N) is 4. The molecule has 0 aromatic carbocycles. The van der Waals surface area contributed by atoms with Gasteiger partial charge in [-0.1, -0.05) is 6.07 Å². The molecule has 0 aliphatic carbocycles. The van der Waals surface area contributed by atoms with Crippen molar-refractivity contribution in [3.8, 4) is 17.8 Å². The average molecular weight is 341 g/mol. The molecule has 0 unspecified atom stereocenters. The lowest BCUT2D eigenvalue weighted by atomic mass is 10.2. The van der Waals surface area contributed by atoms with Crippen LogP contribution in [0.25, 0.3) is 0 Å². The maximum atomic E-state index is 12.2. The standard InChI is InChI=1S/C17H19N5O3/c1-4-24-16-8-6-7-14(20-16)22(11(3)23)15-9-13(19)12(10-18)17(21-15)25-5-2/h6-9H,4-5H2,1-3H3,(H2,19,21). The van der Waals surface area contributed by atoms with Gasteiger partial charge >= 0.3 is 0 Å². The molecule has 0 fully saturated rings. The molecule has 2 aromatic rings. The highest BCUT2D eigenvalue weighted by Gasteiger charge is 2.21. The van der Waals surface area contributed by atoms with E-state index in [0.29, 0.717) is 24.9 Å². The molecular weight excluding hydrogens is 322 g/mol. The Balaban J connectivity index is 2.56. The number of carbonyl (C=O) groups excluding carboxylic acids is 1. The van der Waals surface area contributed by atoms with E-state index in [4.69, 9.17) is 15.2 Å². The fraction of sp³-hybridized carbons (Fsp3) is 0.294. The van der Waals surface area contributed by atoms with Gasteiger partial charge in [-0.15, -0.1) is 0 Å². The van der Waals surface area contributed by atoms with Crippen molar-refractivity contribution < 1.29 is 14.3 Å². The van der Waals surface area contributed by atoms with Gasteiger partial charge in [0.25, 0.3) is 0 Å². The van der Waals surface area contributed by atoms with Crippen LogP contribution in [0, 0.1) is 11.3 Å². The van der Waals surface area contributed by atoms with Gasteiger partial charge in [-0.25, -0.2) is 4.90 Å². The van der Waals surface area contributed by atoms with Crippen LogP contribution >= 0.6 is 0 Å². The normalized spacial score (nSPS) is 10.0. The minimum atomic E-state index is -0.319. The van der Waals surface area contributed by atoms with E-state index < -0.39 is 0 Å². The molecular formula is C17H19N5O3. The first-order valence-corrected chi connectivity index (χ1v) is 7.75. The molecule has 0 radical (unpaired) electrons. The van der Waals surface area contributed by atoms with Gasteiger partial charge in [0.1, 0.15) is 23.3 Å². The Labute approximate surface area is 145 Å². The van der Waals surface area contributed by atoms with Crippen molar-refractivity contribution in [2.24, 2.45) is 0 Å². The maximum absolute atomic E-state index is 12.2. The van der Waals surface area contributed by atoms with E-state index in [1.807, 2.05) is 13.0 Å². The summed E-state index contributed by atoms with van der Waals surface area (Å²) in [6.07, 6.45) is 0. The summed E-state index contributed by atoms with van der Waals surface area (Å²) in [6, 6.07) is 8.47. The smallest absolute Gasteiger partial charge is 0.235 e. The summed E-state index contributed by atoms with van der Waals surface area (Å²) in [5.41, 5.74) is 6.23. The molecule has 0 saturated carbocycles. The topological polar surface area (TPSA) is 114 Å². The molecule has 0 spiro atoms. The largest absolute Gasteiger partial charge is 0.478 e. The lowest BCUT2D eigenvalue weighted by Crippen LogP contribution is -2.25. The predicted molar refractivity (Wildman–Crippen MR) is 92.8 cm³/mol. The van der Waals surface area contributed by atoms with Crippen LogP contribution in [0.15, 0.2) is 24.3 Å². The second-order valence-corrected chi connectivity index (χ2v) is 4.92. The third kappa shape index (κ3) is 3.95. The van der Waals surface area contributed by atoms with Crippen LogP contribution in [0.4, 0.5) is 17.3 Å². The maximum Gasteiger partial charge on any atom is 0.235 e. The highest BCUT2D eigenvalue weighted by Crippen LogP contribution is 2.31. The van der Waals surface area contributed by atoms with Crippen LogP contribution in [0.2, 0.25) is 0 Å². The highest BCUT2D eigenvalue weighted by molar-refractivity contribution is 5.97. The molecule has 2 heterocycles. The number of anilines is 3. The molecule has 8 nitrogen and oxygen atoms in total. The Hall–Kier alpha value is -3.34. The lowest BCUT2D eigenvalue weighted by molar-refractivity contribution is -0.115. The molecule has 25 heavy (non-hydrogen) atoms. The number of pyridine rings is 2. The molecule has 130 valence electrons. The number of hydrogen-bond donors (Lipinski definition) is 1. The monoisotopic (exact) mass is 341 g/mol. The second kappa shape index (κ2) is 7.97. The van der Waals surface area contributed by atoms with Gasteiger partial charge in [-0.3, -0.25) is 4.79 Å². The van der Waals surface area contributed by atoms with Gasteiger partial charge in [0.15, 0.2) is 0 Å². The quantitative estimate of drug-likeness (QED) is 0.858. The zero-order valence-corrected chi connectivity index (χ0v) is 14.3. The average Bonchev–Trinajstić information content (AvgIpc) is 2.55. The van der Waals surface area contributed by atoms with Crippen molar-refractivity contribution in [1.82, 2.24) is 9.97 Å². The van der Waals surface area contributed by atoms with E-state index in [1.165, 1.54) is 17.9 Å². The Morgan fingerprint density at radius 1 is 1.24 bits per heavy atom. The minimum absolute atomic E-state index is 0.0761. The third-order valence-electron chi connectivity index (χ3n) is 3.17. The molecule has 0 atom stereocenters. The van der Waals surface area contributed by atoms with Crippen LogP contribution in [0.5, 0.6) is 11.8 Å². The van der Waals surface area contributed by atoms with E-state index in [0.717, 1.165) is 0 Å². The van der Waals surface area contributed by atoms with Crippen molar-refractivity contribution in [2.75, 3.05) is 23.8 Å². The molecule has 0 bridgehead atoms. The first-order valence-electron chi connectivity index (χ1n) is 7.75.